The number of aromatic hydroxyl groups is 1. The van der Waals surface area contributed by atoms with Crippen LogP contribution in [-0.4, -0.2) is 37.7 Å². The maximum atomic E-state index is 13.0. The quantitative estimate of drug-likeness (QED) is 0.742. The Bertz CT molecular complexity index is 997. The summed E-state index contributed by atoms with van der Waals surface area (Å²) in [6, 6.07) is 9.14. The second-order valence-electron chi connectivity index (χ2n) is 7.97. The zero-order valence-electron chi connectivity index (χ0n) is 17.7. The molecule has 0 radical (unpaired) electrons. The van der Waals surface area contributed by atoms with Gasteiger partial charge in [0.15, 0.2) is 11.5 Å². The number of piperidine rings is 1. The predicted octanol–water partition coefficient (Wildman–Crippen LogP) is 2.98. The summed E-state index contributed by atoms with van der Waals surface area (Å²) < 4.78 is 16.7. The molecule has 6 nitrogen and oxygen atoms in total. The molecule has 1 saturated heterocycles. The number of fused-ring (bicyclic) bond motifs is 1. The molecule has 4 rings (SSSR count). The molecule has 158 valence electrons. The van der Waals surface area contributed by atoms with E-state index in [1.807, 2.05) is 6.07 Å². The molecule has 0 aromatic heterocycles. The summed E-state index contributed by atoms with van der Waals surface area (Å²) in [4.78, 5) is 14.4. The topological polar surface area (TPSA) is 69.4 Å². The van der Waals surface area contributed by atoms with E-state index in [-0.39, 0.29) is 17.3 Å². The van der Waals surface area contributed by atoms with E-state index in [2.05, 4.69) is 6.92 Å². The Balaban J connectivity index is 1.67. The number of likely N-dealkylation sites (tertiary alicyclic amines) is 1. The lowest BCUT2D eigenvalue weighted by Gasteiger charge is -2.30. The van der Waals surface area contributed by atoms with Crippen molar-refractivity contribution in [2.75, 3.05) is 20.8 Å². The van der Waals surface area contributed by atoms with Crippen molar-refractivity contribution >= 4 is 11.9 Å². The number of hydrogen-bond acceptors (Lipinski definition) is 5. The van der Waals surface area contributed by atoms with Gasteiger partial charge in [0.05, 0.1) is 37.9 Å². The number of ketones is 1. The number of methoxy groups -OCH3 is 2. The van der Waals surface area contributed by atoms with E-state index in [4.69, 9.17) is 14.2 Å². The Kier molecular flexibility index (Phi) is 5.68. The van der Waals surface area contributed by atoms with Crippen LogP contribution in [0.1, 0.15) is 47.7 Å². The highest BCUT2D eigenvalue weighted by molar-refractivity contribution is 6.15. The summed E-state index contributed by atoms with van der Waals surface area (Å²) in [6.07, 6.45) is 5.28. The minimum atomic E-state index is -0.189. The SMILES string of the molecule is COc1ccc(/C=C2\Oc3c(ccc(O)c3C[NH+]3CCCC[C@H]3C)C2=O)c(OC)c1. The second kappa shape index (κ2) is 8.40. The van der Waals surface area contributed by atoms with Gasteiger partial charge in [0.25, 0.3) is 0 Å². The highest BCUT2D eigenvalue weighted by Gasteiger charge is 2.34. The fourth-order valence-corrected chi connectivity index (χ4v) is 4.29. The molecule has 0 bridgehead atoms. The van der Waals surface area contributed by atoms with Crippen LogP contribution in [0.2, 0.25) is 0 Å². The Labute approximate surface area is 176 Å². The van der Waals surface area contributed by atoms with Crippen molar-refractivity contribution in [1.29, 1.82) is 0 Å². The molecule has 1 unspecified atom stereocenters. The van der Waals surface area contributed by atoms with Crippen LogP contribution in [0.5, 0.6) is 23.0 Å². The van der Waals surface area contributed by atoms with Crippen molar-refractivity contribution in [2.45, 2.75) is 38.8 Å². The zero-order chi connectivity index (χ0) is 21.3. The summed E-state index contributed by atoms with van der Waals surface area (Å²) in [5.41, 5.74) is 1.91. The Morgan fingerprint density at radius 2 is 2.03 bits per heavy atom. The minimum Gasteiger partial charge on any atom is -0.507 e. The number of carbonyl (C=O) groups is 1. The summed E-state index contributed by atoms with van der Waals surface area (Å²) in [5.74, 6) is 1.94. The molecule has 2 aliphatic heterocycles. The first kappa shape index (κ1) is 20.3. The lowest BCUT2D eigenvalue weighted by atomic mass is 10.0. The fraction of sp³-hybridized carbons (Fsp3) is 0.375. The van der Waals surface area contributed by atoms with Crippen molar-refractivity contribution in [1.82, 2.24) is 0 Å². The monoisotopic (exact) mass is 410 g/mol. The standard InChI is InChI=1S/C24H27NO5/c1-15-6-4-5-11-25(15)14-19-20(26)10-9-18-23(27)22(30-24(18)19)12-16-7-8-17(28-2)13-21(16)29-3/h7-10,12-13,15,26H,4-6,11,14H2,1-3H3/p+1/b22-12-/t15-/m1/s1. The van der Waals surface area contributed by atoms with E-state index < -0.39 is 0 Å². The number of benzene rings is 2. The number of ether oxygens (including phenoxy) is 3. The van der Waals surface area contributed by atoms with Crippen molar-refractivity contribution in [2.24, 2.45) is 0 Å². The van der Waals surface area contributed by atoms with E-state index in [0.29, 0.717) is 41.0 Å². The van der Waals surface area contributed by atoms with Crippen molar-refractivity contribution in [3.05, 3.63) is 52.8 Å². The van der Waals surface area contributed by atoms with Gasteiger partial charge < -0.3 is 24.2 Å². The number of allylic oxidation sites excluding steroid dienone is 1. The zero-order valence-corrected chi connectivity index (χ0v) is 17.7. The number of phenolic OH excluding ortho intramolecular Hbond substituents is 1. The van der Waals surface area contributed by atoms with E-state index in [1.54, 1.807) is 44.6 Å². The van der Waals surface area contributed by atoms with Gasteiger partial charge in [0.2, 0.25) is 5.78 Å². The average molecular weight is 410 g/mol. The normalized spacial score (nSPS) is 22.0. The van der Waals surface area contributed by atoms with Crippen LogP contribution >= 0.6 is 0 Å². The van der Waals surface area contributed by atoms with Crippen LogP contribution in [-0.2, 0) is 6.54 Å². The lowest BCUT2D eigenvalue weighted by Crippen LogP contribution is -3.14. The number of phenols is 1. The number of quaternary nitrogens is 1. The van der Waals surface area contributed by atoms with Gasteiger partial charge in [-0.15, -0.1) is 0 Å². The molecule has 0 aliphatic carbocycles. The molecular weight excluding hydrogens is 382 g/mol. The molecular formula is C24H28NO5+. The number of Topliss-reactive ketones (excluding diaryl/α,β-unsaturated/α-hetero) is 1. The van der Waals surface area contributed by atoms with Crippen LogP contribution in [0.3, 0.4) is 0 Å². The van der Waals surface area contributed by atoms with Gasteiger partial charge >= 0.3 is 0 Å². The highest BCUT2D eigenvalue weighted by Crippen LogP contribution is 2.40. The first-order valence-electron chi connectivity index (χ1n) is 10.4. The Morgan fingerprint density at radius 1 is 1.20 bits per heavy atom. The van der Waals surface area contributed by atoms with Crippen molar-refractivity contribution in [3.63, 3.8) is 0 Å². The lowest BCUT2D eigenvalue weighted by molar-refractivity contribution is -0.941. The first-order chi connectivity index (χ1) is 14.5. The molecule has 2 heterocycles. The van der Waals surface area contributed by atoms with E-state index in [0.717, 1.165) is 12.1 Å². The van der Waals surface area contributed by atoms with E-state index in [1.165, 1.54) is 24.2 Å². The van der Waals surface area contributed by atoms with Gasteiger partial charge in [0.1, 0.15) is 23.8 Å². The number of rotatable bonds is 5. The molecule has 2 aromatic rings. The molecule has 2 aromatic carbocycles. The number of hydrogen-bond donors (Lipinski definition) is 2. The average Bonchev–Trinajstić information content (AvgIpc) is 3.07. The minimum absolute atomic E-state index is 0.176. The maximum absolute atomic E-state index is 13.0. The smallest absolute Gasteiger partial charge is 0.231 e. The maximum Gasteiger partial charge on any atom is 0.231 e. The summed E-state index contributed by atoms with van der Waals surface area (Å²) in [5, 5.41) is 10.5. The van der Waals surface area contributed by atoms with Gasteiger partial charge in [0, 0.05) is 11.6 Å². The third-order valence-electron chi connectivity index (χ3n) is 6.13. The van der Waals surface area contributed by atoms with E-state index in [9.17, 15) is 9.90 Å². The number of nitrogens with one attached hydrogen (secondary N) is 1. The molecule has 0 amide bonds. The van der Waals surface area contributed by atoms with Crippen LogP contribution < -0.4 is 19.1 Å². The van der Waals surface area contributed by atoms with Gasteiger partial charge in [-0.25, -0.2) is 0 Å². The third kappa shape index (κ3) is 3.75. The third-order valence-corrected chi connectivity index (χ3v) is 6.13. The van der Waals surface area contributed by atoms with Crippen LogP contribution in [0.15, 0.2) is 36.1 Å². The van der Waals surface area contributed by atoms with E-state index >= 15 is 0 Å². The molecule has 30 heavy (non-hydrogen) atoms. The van der Waals surface area contributed by atoms with Gasteiger partial charge in [-0.3, -0.25) is 4.79 Å². The van der Waals surface area contributed by atoms with Crippen LogP contribution in [0.4, 0.5) is 0 Å². The molecule has 6 heteroatoms. The second-order valence-corrected chi connectivity index (χ2v) is 7.97. The largest absolute Gasteiger partial charge is 0.507 e. The van der Waals surface area contributed by atoms with Crippen LogP contribution in [0.25, 0.3) is 6.08 Å². The Morgan fingerprint density at radius 3 is 2.77 bits per heavy atom. The van der Waals surface area contributed by atoms with Gasteiger partial charge in [-0.2, -0.15) is 0 Å². The first-order valence-corrected chi connectivity index (χ1v) is 10.4. The fourth-order valence-electron chi connectivity index (χ4n) is 4.29. The summed E-state index contributed by atoms with van der Waals surface area (Å²) in [7, 11) is 3.16. The molecule has 0 saturated carbocycles. The summed E-state index contributed by atoms with van der Waals surface area (Å²) in [6.45, 7) is 3.94. The summed E-state index contributed by atoms with van der Waals surface area (Å²) >= 11 is 0. The van der Waals surface area contributed by atoms with Gasteiger partial charge in [-0.05, 0) is 56.5 Å². The van der Waals surface area contributed by atoms with Gasteiger partial charge in [-0.1, -0.05) is 0 Å². The molecule has 2 atom stereocenters. The molecule has 2 aliphatic rings. The molecule has 2 N–H and O–H groups in total. The highest BCUT2D eigenvalue weighted by atomic mass is 16.5. The van der Waals surface area contributed by atoms with Crippen molar-refractivity contribution in [3.8, 4) is 23.0 Å². The Hall–Kier alpha value is -2.99. The van der Waals surface area contributed by atoms with Crippen molar-refractivity contribution < 1.29 is 29.0 Å². The molecule has 0 spiro atoms. The number of carbonyl (C=O) groups excluding carboxylic acids is 1. The predicted molar refractivity (Wildman–Crippen MR) is 113 cm³/mol. The van der Waals surface area contributed by atoms with Crippen LogP contribution in [0, 0.1) is 0 Å². The molecule has 1 fully saturated rings.